The van der Waals surface area contributed by atoms with Gasteiger partial charge in [0, 0.05) is 28.9 Å². The summed E-state index contributed by atoms with van der Waals surface area (Å²) in [6.07, 6.45) is -0.237. The summed E-state index contributed by atoms with van der Waals surface area (Å²) in [7, 11) is 1.56. The van der Waals surface area contributed by atoms with E-state index in [9.17, 15) is 23.9 Å². The summed E-state index contributed by atoms with van der Waals surface area (Å²) in [6, 6.07) is 10.5. The quantitative estimate of drug-likeness (QED) is 0.594. The van der Waals surface area contributed by atoms with Crippen molar-refractivity contribution >= 4 is 52.1 Å². The van der Waals surface area contributed by atoms with Crippen LogP contribution in [-0.4, -0.2) is 29.9 Å². The average Bonchev–Trinajstić information content (AvgIpc) is 3.20. The average molecular weight is 457 g/mol. The van der Waals surface area contributed by atoms with Gasteiger partial charge < -0.3 is 15.3 Å². The molecule has 0 aliphatic carbocycles. The summed E-state index contributed by atoms with van der Waals surface area (Å²) in [4.78, 5) is 40.2. The number of fused-ring (bicyclic) bond motifs is 4. The van der Waals surface area contributed by atoms with Crippen LogP contribution in [0.15, 0.2) is 42.5 Å². The summed E-state index contributed by atoms with van der Waals surface area (Å²) in [5, 5.41) is 13.1. The van der Waals surface area contributed by atoms with E-state index in [0.717, 1.165) is 11.3 Å². The lowest BCUT2D eigenvalue weighted by Crippen LogP contribution is -2.45. The topological polar surface area (TPSA) is 86.7 Å². The van der Waals surface area contributed by atoms with Crippen molar-refractivity contribution in [2.45, 2.75) is 11.8 Å². The molecule has 2 aromatic carbocycles. The van der Waals surface area contributed by atoms with E-state index in [4.69, 9.17) is 11.6 Å². The molecule has 2 aliphatic heterocycles. The maximum Gasteiger partial charge on any atom is 0.346 e. The second-order valence-corrected chi connectivity index (χ2v) is 8.94. The SMILES string of the molecule is CN1C(=O)C2(CC(=O)Nc3c2sc(C(=O)O)c3-c2ccc(Cl)cc2)c2cc(F)ccc21. The van der Waals surface area contributed by atoms with Crippen LogP contribution in [0.25, 0.3) is 11.1 Å². The molecular formula is C22H14ClFN2O4S. The van der Waals surface area contributed by atoms with Crippen molar-refractivity contribution in [3.05, 3.63) is 68.6 Å². The lowest BCUT2D eigenvalue weighted by Gasteiger charge is -2.32. The van der Waals surface area contributed by atoms with Gasteiger partial charge in [0.05, 0.1) is 17.0 Å². The van der Waals surface area contributed by atoms with E-state index in [1.807, 2.05) is 0 Å². The fourth-order valence-electron chi connectivity index (χ4n) is 4.44. The third kappa shape index (κ3) is 2.65. The van der Waals surface area contributed by atoms with Gasteiger partial charge in [0.15, 0.2) is 0 Å². The monoisotopic (exact) mass is 456 g/mol. The third-order valence-electron chi connectivity index (χ3n) is 5.76. The van der Waals surface area contributed by atoms with E-state index < -0.39 is 29.0 Å². The van der Waals surface area contributed by atoms with Gasteiger partial charge in [-0.2, -0.15) is 0 Å². The molecule has 1 aromatic heterocycles. The molecule has 2 N–H and O–H groups in total. The molecule has 0 saturated carbocycles. The number of amides is 2. The Hall–Kier alpha value is -3.23. The predicted octanol–water partition coefficient (Wildman–Crippen LogP) is 4.51. The first-order valence-electron chi connectivity index (χ1n) is 9.28. The standard InChI is InChI=1S/C22H14ClFN2O4S/c1-26-14-7-6-12(24)8-13(14)22(21(26)30)9-15(27)25-17-16(10-2-4-11(23)5-3-10)18(20(28)29)31-19(17)22/h2-8H,9H2,1H3,(H,25,27)(H,28,29). The maximum atomic E-state index is 14.2. The number of rotatable bonds is 2. The molecule has 1 spiro atoms. The van der Waals surface area contributed by atoms with Gasteiger partial charge in [0.1, 0.15) is 16.1 Å². The van der Waals surface area contributed by atoms with Crippen LogP contribution < -0.4 is 10.2 Å². The molecule has 156 valence electrons. The van der Waals surface area contributed by atoms with E-state index >= 15 is 0 Å². The first-order valence-corrected chi connectivity index (χ1v) is 10.5. The van der Waals surface area contributed by atoms with Gasteiger partial charge in [-0.3, -0.25) is 9.59 Å². The molecule has 9 heteroatoms. The van der Waals surface area contributed by atoms with Gasteiger partial charge in [-0.15, -0.1) is 11.3 Å². The number of carboxylic acids is 1. The van der Waals surface area contributed by atoms with E-state index in [-0.39, 0.29) is 17.0 Å². The van der Waals surface area contributed by atoms with Gasteiger partial charge in [0.2, 0.25) is 11.8 Å². The van der Waals surface area contributed by atoms with Crippen molar-refractivity contribution < 1.29 is 23.9 Å². The molecule has 6 nitrogen and oxygen atoms in total. The molecule has 31 heavy (non-hydrogen) atoms. The van der Waals surface area contributed by atoms with E-state index in [1.165, 1.54) is 23.1 Å². The Labute approximate surface area is 184 Å². The molecule has 0 bridgehead atoms. The Morgan fingerprint density at radius 1 is 1.23 bits per heavy atom. The van der Waals surface area contributed by atoms with Crippen LogP contribution in [0, 0.1) is 5.82 Å². The number of hydrogen-bond donors (Lipinski definition) is 2. The Morgan fingerprint density at radius 2 is 1.94 bits per heavy atom. The van der Waals surface area contributed by atoms with Gasteiger partial charge >= 0.3 is 5.97 Å². The number of thiophene rings is 1. The van der Waals surface area contributed by atoms with Gasteiger partial charge in [-0.1, -0.05) is 23.7 Å². The van der Waals surface area contributed by atoms with E-state index in [0.29, 0.717) is 32.3 Å². The highest BCUT2D eigenvalue weighted by molar-refractivity contribution is 7.15. The lowest BCUT2D eigenvalue weighted by molar-refractivity contribution is -0.126. The first-order chi connectivity index (χ1) is 14.7. The normalized spacial score (nSPS) is 19.4. The fraction of sp³-hybridized carbons (Fsp3) is 0.136. The molecule has 0 fully saturated rings. The Bertz CT molecular complexity index is 1300. The number of carboxylic acid groups (broad SMARTS) is 1. The largest absolute Gasteiger partial charge is 0.477 e. The van der Waals surface area contributed by atoms with Crippen LogP contribution in [0.5, 0.6) is 0 Å². The third-order valence-corrected chi connectivity index (χ3v) is 7.35. The summed E-state index contributed by atoms with van der Waals surface area (Å²) in [5.74, 6) is -2.57. The number of aromatic carboxylic acids is 1. The van der Waals surface area contributed by atoms with Crippen molar-refractivity contribution in [1.82, 2.24) is 0 Å². The minimum atomic E-state index is -1.48. The predicted molar refractivity (Wildman–Crippen MR) is 116 cm³/mol. The van der Waals surface area contributed by atoms with Gasteiger partial charge in [-0.05, 0) is 35.9 Å². The minimum absolute atomic E-state index is 0.0193. The number of carbonyl (C=O) groups is 3. The molecule has 0 radical (unpaired) electrons. The lowest BCUT2D eigenvalue weighted by atomic mass is 9.74. The molecule has 1 atom stereocenters. The van der Waals surface area contributed by atoms with Crippen molar-refractivity contribution in [2.24, 2.45) is 0 Å². The molecule has 2 amide bonds. The van der Waals surface area contributed by atoms with E-state index in [2.05, 4.69) is 5.32 Å². The molecule has 0 saturated heterocycles. The summed E-state index contributed by atoms with van der Waals surface area (Å²) in [5.41, 5.74) is 0.470. The number of nitrogens with zero attached hydrogens (tertiary/aromatic N) is 1. The number of halogens is 2. The van der Waals surface area contributed by atoms with Crippen LogP contribution in [0.3, 0.4) is 0 Å². The Morgan fingerprint density at radius 3 is 2.61 bits per heavy atom. The highest BCUT2D eigenvalue weighted by Crippen LogP contribution is 2.57. The molecule has 1 unspecified atom stereocenters. The van der Waals surface area contributed by atoms with E-state index in [1.54, 1.807) is 31.3 Å². The minimum Gasteiger partial charge on any atom is -0.477 e. The summed E-state index contributed by atoms with van der Waals surface area (Å²) in [6.45, 7) is 0. The van der Waals surface area contributed by atoms with Gasteiger partial charge in [-0.25, -0.2) is 9.18 Å². The van der Waals surface area contributed by atoms with Crippen molar-refractivity contribution in [2.75, 3.05) is 17.3 Å². The second kappa shape index (κ2) is 6.63. The summed E-state index contributed by atoms with van der Waals surface area (Å²) >= 11 is 6.90. The van der Waals surface area contributed by atoms with Crippen LogP contribution in [0.1, 0.15) is 26.5 Å². The number of likely N-dealkylation sites (N-methyl/N-ethyl adjacent to an activating group) is 1. The van der Waals surface area contributed by atoms with Crippen molar-refractivity contribution in [3.63, 3.8) is 0 Å². The number of hydrogen-bond acceptors (Lipinski definition) is 4. The molecule has 3 heterocycles. The smallest absolute Gasteiger partial charge is 0.346 e. The molecule has 3 aromatic rings. The first kappa shape index (κ1) is 19.7. The van der Waals surface area contributed by atoms with Crippen LogP contribution in [0.2, 0.25) is 5.02 Å². The maximum absolute atomic E-state index is 14.2. The Balaban J connectivity index is 1.86. The number of anilines is 2. The Kier molecular flexibility index (Phi) is 4.22. The zero-order chi connectivity index (χ0) is 22.1. The van der Waals surface area contributed by atoms with Crippen molar-refractivity contribution in [3.8, 4) is 11.1 Å². The number of nitrogens with one attached hydrogen (secondary N) is 1. The van der Waals surface area contributed by atoms with Crippen LogP contribution in [-0.2, 0) is 15.0 Å². The second-order valence-electron chi connectivity index (χ2n) is 7.48. The zero-order valence-corrected chi connectivity index (χ0v) is 17.6. The summed E-state index contributed by atoms with van der Waals surface area (Å²) < 4.78 is 14.2. The number of benzene rings is 2. The number of carbonyl (C=O) groups excluding carboxylic acids is 2. The molecule has 2 aliphatic rings. The van der Waals surface area contributed by atoms with Gasteiger partial charge in [0.25, 0.3) is 0 Å². The highest BCUT2D eigenvalue weighted by Gasteiger charge is 2.57. The van der Waals surface area contributed by atoms with Crippen LogP contribution in [0.4, 0.5) is 15.8 Å². The van der Waals surface area contributed by atoms with Crippen LogP contribution >= 0.6 is 22.9 Å². The zero-order valence-electron chi connectivity index (χ0n) is 16.0. The molecule has 5 rings (SSSR count). The highest BCUT2D eigenvalue weighted by atomic mass is 35.5. The van der Waals surface area contributed by atoms with Crippen molar-refractivity contribution in [1.29, 1.82) is 0 Å². The molecular weight excluding hydrogens is 443 g/mol. The fourth-order valence-corrected chi connectivity index (χ4v) is 5.88.